The molecular formula is C49H33N3. The normalized spacial score (nSPS) is 11.5. The van der Waals surface area contributed by atoms with E-state index < -0.39 is 0 Å². The van der Waals surface area contributed by atoms with Crippen molar-refractivity contribution in [2.24, 2.45) is 0 Å². The van der Waals surface area contributed by atoms with E-state index >= 15 is 0 Å². The van der Waals surface area contributed by atoms with Gasteiger partial charge in [0, 0.05) is 44.0 Å². The summed E-state index contributed by atoms with van der Waals surface area (Å²) in [5, 5.41) is 4.94. The zero-order chi connectivity index (χ0) is 34.6. The fourth-order valence-electron chi connectivity index (χ4n) is 7.83. The molecule has 3 nitrogen and oxygen atoms in total. The van der Waals surface area contributed by atoms with Crippen LogP contribution in [0.4, 0.5) is 0 Å². The Bertz CT molecular complexity index is 2930. The van der Waals surface area contributed by atoms with Gasteiger partial charge < -0.3 is 9.13 Å². The quantitative estimate of drug-likeness (QED) is 0.174. The predicted octanol–water partition coefficient (Wildman–Crippen LogP) is 12.9. The van der Waals surface area contributed by atoms with Gasteiger partial charge in [-0.25, -0.2) is 4.98 Å². The summed E-state index contributed by atoms with van der Waals surface area (Å²) in [5.41, 5.74) is 14.3. The van der Waals surface area contributed by atoms with Crippen molar-refractivity contribution in [3.8, 4) is 45.0 Å². The lowest BCUT2D eigenvalue weighted by Gasteiger charge is -2.14. The molecule has 0 radical (unpaired) electrons. The van der Waals surface area contributed by atoms with Gasteiger partial charge in [-0.3, -0.25) is 0 Å². The Hall–Kier alpha value is -6.97. The number of hydrogen-bond acceptors (Lipinski definition) is 1. The minimum atomic E-state index is 0.926. The SMILES string of the molecule is C=Cc1ccc2c(c1)c1ccccc1n2-c1cccc(-c2cc(-c3ccccc3)cc(-c3cccc(-n4c5ccccc5c5ccccc54)c3)n2)c1. The Balaban J connectivity index is 1.15. The molecule has 0 atom stereocenters. The van der Waals surface area contributed by atoms with Gasteiger partial charge in [0.25, 0.3) is 0 Å². The highest BCUT2D eigenvalue weighted by Crippen LogP contribution is 2.37. The van der Waals surface area contributed by atoms with Crippen LogP contribution in [-0.2, 0) is 0 Å². The Labute approximate surface area is 302 Å². The van der Waals surface area contributed by atoms with Crippen LogP contribution in [0.5, 0.6) is 0 Å². The topological polar surface area (TPSA) is 22.8 Å². The summed E-state index contributed by atoms with van der Waals surface area (Å²) in [4.78, 5) is 5.39. The maximum absolute atomic E-state index is 5.39. The van der Waals surface area contributed by atoms with Crippen molar-refractivity contribution in [2.75, 3.05) is 0 Å². The number of pyridine rings is 1. The summed E-state index contributed by atoms with van der Waals surface area (Å²) in [6.45, 7) is 4.01. The molecule has 244 valence electrons. The third-order valence-corrected chi connectivity index (χ3v) is 10.2. The van der Waals surface area contributed by atoms with Crippen LogP contribution >= 0.6 is 0 Å². The first kappa shape index (κ1) is 29.9. The standard InChI is InChI=1S/C49H33N3/c1-2-33-26-27-49-43(28-33)42-22-8-11-25-48(42)52(49)39-19-13-17-36(30-39)45-32-37(34-14-4-3-5-15-34)31-44(50-45)35-16-12-18-38(29-35)51-46-23-9-6-20-40(46)41-21-7-10-24-47(41)51/h2-32H,1H2. The van der Waals surface area contributed by atoms with Crippen molar-refractivity contribution in [2.45, 2.75) is 0 Å². The van der Waals surface area contributed by atoms with Crippen molar-refractivity contribution >= 4 is 49.7 Å². The fraction of sp³-hybridized carbons (Fsp3) is 0. The molecule has 0 bridgehead atoms. The molecule has 0 fully saturated rings. The largest absolute Gasteiger partial charge is 0.309 e. The van der Waals surface area contributed by atoms with Crippen LogP contribution in [0.25, 0.3) is 94.7 Å². The molecule has 3 aromatic heterocycles. The summed E-state index contributed by atoms with van der Waals surface area (Å²) in [6.07, 6.45) is 1.91. The number of hydrogen-bond donors (Lipinski definition) is 0. The number of aromatic nitrogens is 3. The molecule has 7 aromatic carbocycles. The third-order valence-electron chi connectivity index (χ3n) is 10.2. The van der Waals surface area contributed by atoms with E-state index in [1.54, 1.807) is 0 Å². The predicted molar refractivity (Wildman–Crippen MR) is 219 cm³/mol. The maximum Gasteiger partial charge on any atom is 0.0716 e. The fourth-order valence-corrected chi connectivity index (χ4v) is 7.83. The summed E-state index contributed by atoms with van der Waals surface area (Å²) in [7, 11) is 0. The highest BCUT2D eigenvalue weighted by atomic mass is 15.0. The Morgan fingerprint density at radius 3 is 1.37 bits per heavy atom. The van der Waals surface area contributed by atoms with Crippen LogP contribution in [0, 0.1) is 0 Å². The second kappa shape index (κ2) is 12.1. The lowest BCUT2D eigenvalue weighted by Crippen LogP contribution is -1.97. The van der Waals surface area contributed by atoms with Crippen molar-refractivity contribution in [1.29, 1.82) is 0 Å². The van der Waals surface area contributed by atoms with Gasteiger partial charge >= 0.3 is 0 Å². The molecule has 3 heterocycles. The van der Waals surface area contributed by atoms with Crippen molar-refractivity contribution in [3.05, 3.63) is 194 Å². The van der Waals surface area contributed by atoms with Crippen LogP contribution in [0.15, 0.2) is 189 Å². The number of benzene rings is 7. The van der Waals surface area contributed by atoms with Crippen LogP contribution in [0.3, 0.4) is 0 Å². The van der Waals surface area contributed by atoms with Gasteiger partial charge in [0.05, 0.1) is 33.5 Å². The van der Waals surface area contributed by atoms with Gasteiger partial charge in [-0.2, -0.15) is 0 Å². The molecule has 0 aliphatic rings. The first-order valence-electron chi connectivity index (χ1n) is 17.7. The van der Waals surface area contributed by atoms with Crippen LogP contribution in [-0.4, -0.2) is 14.1 Å². The highest BCUT2D eigenvalue weighted by molar-refractivity contribution is 6.10. The molecule has 0 saturated heterocycles. The van der Waals surface area contributed by atoms with Crippen molar-refractivity contribution in [3.63, 3.8) is 0 Å². The molecular weight excluding hydrogens is 631 g/mol. The van der Waals surface area contributed by atoms with E-state index in [0.29, 0.717) is 0 Å². The van der Waals surface area contributed by atoms with E-state index in [1.165, 1.54) is 38.1 Å². The second-order valence-corrected chi connectivity index (χ2v) is 13.3. The van der Waals surface area contributed by atoms with Gasteiger partial charge in [0.2, 0.25) is 0 Å². The average molecular weight is 664 g/mol. The molecule has 0 N–H and O–H groups in total. The van der Waals surface area contributed by atoms with Gasteiger partial charge in [0.1, 0.15) is 0 Å². The summed E-state index contributed by atoms with van der Waals surface area (Å²) < 4.78 is 4.72. The third kappa shape index (κ3) is 4.86. The first-order valence-corrected chi connectivity index (χ1v) is 17.7. The van der Waals surface area contributed by atoms with Crippen molar-refractivity contribution in [1.82, 2.24) is 14.1 Å². The minimum absolute atomic E-state index is 0.926. The number of nitrogens with zero attached hydrogens (tertiary/aromatic N) is 3. The Morgan fingerprint density at radius 2 is 0.827 bits per heavy atom. The number of rotatable bonds is 6. The number of para-hydroxylation sites is 3. The van der Waals surface area contributed by atoms with E-state index in [1.807, 2.05) is 6.08 Å². The lowest BCUT2D eigenvalue weighted by atomic mass is 9.99. The molecule has 52 heavy (non-hydrogen) atoms. The van der Waals surface area contributed by atoms with Crippen molar-refractivity contribution < 1.29 is 0 Å². The van der Waals surface area contributed by atoms with Gasteiger partial charge in [-0.1, -0.05) is 128 Å². The Morgan fingerprint density at radius 1 is 0.365 bits per heavy atom. The summed E-state index contributed by atoms with van der Waals surface area (Å²) >= 11 is 0. The van der Waals surface area contributed by atoms with E-state index in [-0.39, 0.29) is 0 Å². The zero-order valence-electron chi connectivity index (χ0n) is 28.4. The molecule has 0 unspecified atom stereocenters. The molecule has 0 spiro atoms. The van der Waals surface area contributed by atoms with E-state index in [9.17, 15) is 0 Å². The molecule has 0 aliphatic carbocycles. The molecule has 0 amide bonds. The smallest absolute Gasteiger partial charge is 0.0716 e. The van der Waals surface area contributed by atoms with Crippen LogP contribution < -0.4 is 0 Å². The monoisotopic (exact) mass is 663 g/mol. The molecule has 0 saturated carbocycles. The van der Waals surface area contributed by atoms with E-state index in [2.05, 4.69) is 198 Å². The van der Waals surface area contributed by atoms with Crippen LogP contribution in [0.1, 0.15) is 5.56 Å². The highest BCUT2D eigenvalue weighted by Gasteiger charge is 2.16. The van der Waals surface area contributed by atoms with Gasteiger partial charge in [-0.05, 0) is 83.4 Å². The maximum atomic E-state index is 5.39. The molecule has 10 aromatic rings. The molecule has 10 rings (SSSR count). The average Bonchev–Trinajstić information content (AvgIpc) is 3.74. The molecule has 3 heteroatoms. The second-order valence-electron chi connectivity index (χ2n) is 13.3. The number of fused-ring (bicyclic) bond motifs is 6. The van der Waals surface area contributed by atoms with E-state index in [0.717, 1.165) is 56.1 Å². The first-order chi connectivity index (χ1) is 25.7. The van der Waals surface area contributed by atoms with Gasteiger partial charge in [-0.15, -0.1) is 0 Å². The Kier molecular flexibility index (Phi) is 6.97. The zero-order valence-corrected chi connectivity index (χ0v) is 28.4. The van der Waals surface area contributed by atoms with E-state index in [4.69, 9.17) is 4.98 Å². The minimum Gasteiger partial charge on any atom is -0.309 e. The van der Waals surface area contributed by atoms with Crippen LogP contribution in [0.2, 0.25) is 0 Å². The summed E-state index contributed by atoms with van der Waals surface area (Å²) in [5.74, 6) is 0. The molecule has 0 aliphatic heterocycles. The summed E-state index contributed by atoms with van der Waals surface area (Å²) in [6, 6.07) is 65.1. The van der Waals surface area contributed by atoms with Gasteiger partial charge in [0.15, 0.2) is 0 Å². The lowest BCUT2D eigenvalue weighted by molar-refractivity contribution is 1.17.